The van der Waals surface area contributed by atoms with Crippen LogP contribution < -0.4 is 10.2 Å². The molecule has 2 aromatic carbocycles. The van der Waals surface area contributed by atoms with E-state index in [1.807, 2.05) is 31.2 Å². The molecule has 106 valence electrons. The summed E-state index contributed by atoms with van der Waals surface area (Å²) in [5.74, 6) is 0.328. The van der Waals surface area contributed by atoms with Crippen molar-refractivity contribution >= 4 is 11.0 Å². The molecule has 0 saturated heterocycles. The monoisotopic (exact) mass is 282 g/mol. The first kappa shape index (κ1) is 13.2. The summed E-state index contributed by atoms with van der Waals surface area (Å²) in [4.78, 5) is 12.3. The molecule has 0 saturated carbocycles. The number of ether oxygens (including phenoxy) is 1. The molecule has 0 atom stereocenters. The van der Waals surface area contributed by atoms with Crippen LogP contribution in [-0.4, -0.2) is 12.2 Å². The zero-order valence-electron chi connectivity index (χ0n) is 11.7. The van der Waals surface area contributed by atoms with Crippen LogP contribution in [0.25, 0.3) is 22.3 Å². The van der Waals surface area contributed by atoms with Gasteiger partial charge in [0.2, 0.25) is 11.2 Å². The van der Waals surface area contributed by atoms with Gasteiger partial charge in [-0.05, 0) is 25.1 Å². The van der Waals surface area contributed by atoms with Crippen LogP contribution in [0.3, 0.4) is 0 Å². The van der Waals surface area contributed by atoms with Crippen molar-refractivity contribution in [1.82, 2.24) is 0 Å². The van der Waals surface area contributed by atoms with Gasteiger partial charge in [-0.25, -0.2) is 0 Å². The van der Waals surface area contributed by atoms with Crippen LogP contribution in [0.15, 0.2) is 51.7 Å². The van der Waals surface area contributed by atoms with E-state index in [-0.39, 0.29) is 11.5 Å². The topological polar surface area (TPSA) is 59.7 Å². The van der Waals surface area contributed by atoms with Crippen LogP contribution in [0.1, 0.15) is 5.56 Å². The first-order valence-electron chi connectivity index (χ1n) is 6.51. The highest BCUT2D eigenvalue weighted by Crippen LogP contribution is 2.31. The summed E-state index contributed by atoms with van der Waals surface area (Å²) in [5.41, 5.74) is 1.69. The molecule has 1 N–H and O–H groups in total. The summed E-state index contributed by atoms with van der Waals surface area (Å²) >= 11 is 0. The highest BCUT2D eigenvalue weighted by atomic mass is 16.5. The van der Waals surface area contributed by atoms with Crippen molar-refractivity contribution in [3.63, 3.8) is 0 Å². The first-order valence-corrected chi connectivity index (χ1v) is 6.51. The molecular weight excluding hydrogens is 268 g/mol. The van der Waals surface area contributed by atoms with Crippen molar-refractivity contribution in [3.8, 4) is 22.8 Å². The second-order valence-electron chi connectivity index (χ2n) is 4.84. The van der Waals surface area contributed by atoms with Crippen LogP contribution in [0.5, 0.6) is 11.5 Å². The van der Waals surface area contributed by atoms with Gasteiger partial charge < -0.3 is 14.3 Å². The van der Waals surface area contributed by atoms with E-state index in [2.05, 4.69) is 0 Å². The second kappa shape index (κ2) is 4.98. The summed E-state index contributed by atoms with van der Waals surface area (Å²) in [6.07, 6.45) is 0. The molecule has 3 rings (SSSR count). The zero-order chi connectivity index (χ0) is 15.0. The van der Waals surface area contributed by atoms with Crippen LogP contribution in [0.4, 0.5) is 0 Å². The summed E-state index contributed by atoms with van der Waals surface area (Å²) in [6, 6.07) is 12.3. The predicted octanol–water partition coefficient (Wildman–Crippen LogP) is 3.48. The van der Waals surface area contributed by atoms with Crippen molar-refractivity contribution < 1.29 is 14.3 Å². The van der Waals surface area contributed by atoms with Gasteiger partial charge in [0, 0.05) is 5.56 Å². The molecule has 0 unspecified atom stereocenters. The normalized spacial score (nSPS) is 10.8. The van der Waals surface area contributed by atoms with E-state index in [1.165, 1.54) is 7.11 Å². The Hall–Kier alpha value is -2.75. The fourth-order valence-corrected chi connectivity index (χ4v) is 2.19. The molecule has 0 aliphatic rings. The average Bonchev–Trinajstić information content (AvgIpc) is 2.51. The van der Waals surface area contributed by atoms with E-state index in [9.17, 15) is 9.90 Å². The molecule has 4 heteroatoms. The largest absolute Gasteiger partial charge is 0.502 e. The highest BCUT2D eigenvalue weighted by Gasteiger charge is 2.15. The molecule has 0 aliphatic heterocycles. The SMILES string of the molecule is COc1ccc2oc(-c3ccc(C)cc3)c(O)c(=O)c2c1. The standard InChI is InChI=1S/C17H14O4/c1-10-3-5-11(6-4-10)17-16(19)15(18)13-9-12(20-2)7-8-14(13)21-17/h3-9,19H,1-2H3. The van der Waals surface area contributed by atoms with Crippen LogP contribution in [0.2, 0.25) is 0 Å². The molecule has 0 bridgehead atoms. The first-order chi connectivity index (χ1) is 10.1. The fraction of sp³-hybridized carbons (Fsp3) is 0.118. The molecule has 0 spiro atoms. The summed E-state index contributed by atoms with van der Waals surface area (Å²) < 4.78 is 10.8. The number of benzene rings is 2. The van der Waals surface area contributed by atoms with E-state index in [0.29, 0.717) is 22.3 Å². The summed E-state index contributed by atoms with van der Waals surface area (Å²) in [7, 11) is 1.52. The van der Waals surface area contributed by atoms with E-state index >= 15 is 0 Å². The molecule has 0 radical (unpaired) electrons. The van der Waals surface area contributed by atoms with Crippen LogP contribution >= 0.6 is 0 Å². The molecule has 0 amide bonds. The number of aryl methyl sites for hydroxylation is 1. The van der Waals surface area contributed by atoms with Crippen molar-refractivity contribution in [3.05, 3.63) is 58.3 Å². The lowest BCUT2D eigenvalue weighted by atomic mass is 10.1. The molecule has 0 aliphatic carbocycles. The summed E-state index contributed by atoms with van der Waals surface area (Å²) in [5, 5.41) is 10.4. The van der Waals surface area contributed by atoms with E-state index in [4.69, 9.17) is 9.15 Å². The lowest BCUT2D eigenvalue weighted by molar-refractivity contribution is 0.414. The Morgan fingerprint density at radius 2 is 1.81 bits per heavy atom. The molecule has 1 aromatic heterocycles. The van der Waals surface area contributed by atoms with Gasteiger partial charge in [0.15, 0.2) is 5.76 Å². The third-order valence-corrected chi connectivity index (χ3v) is 3.39. The van der Waals surface area contributed by atoms with Crippen molar-refractivity contribution in [2.45, 2.75) is 6.92 Å². The minimum absolute atomic E-state index is 0.178. The van der Waals surface area contributed by atoms with Gasteiger partial charge in [-0.15, -0.1) is 0 Å². The molecule has 0 fully saturated rings. The Morgan fingerprint density at radius 1 is 1.10 bits per heavy atom. The lowest BCUT2D eigenvalue weighted by Gasteiger charge is -2.07. The number of hydrogen-bond acceptors (Lipinski definition) is 4. The van der Waals surface area contributed by atoms with Gasteiger partial charge >= 0.3 is 0 Å². The zero-order valence-corrected chi connectivity index (χ0v) is 11.7. The number of rotatable bonds is 2. The highest BCUT2D eigenvalue weighted by molar-refractivity contribution is 5.83. The Kier molecular flexibility index (Phi) is 3.14. The molecule has 1 heterocycles. The number of aromatic hydroxyl groups is 1. The van der Waals surface area contributed by atoms with E-state index < -0.39 is 5.43 Å². The number of methoxy groups -OCH3 is 1. The maximum Gasteiger partial charge on any atom is 0.235 e. The molecule has 21 heavy (non-hydrogen) atoms. The minimum atomic E-state index is -0.467. The van der Waals surface area contributed by atoms with Gasteiger partial charge in [-0.3, -0.25) is 4.79 Å². The Bertz CT molecular complexity index is 860. The number of fused-ring (bicyclic) bond motifs is 1. The maximum atomic E-state index is 12.3. The van der Waals surface area contributed by atoms with Crippen LogP contribution in [-0.2, 0) is 0 Å². The fourth-order valence-electron chi connectivity index (χ4n) is 2.19. The van der Waals surface area contributed by atoms with Gasteiger partial charge in [-0.2, -0.15) is 0 Å². The molecule has 4 nitrogen and oxygen atoms in total. The summed E-state index contributed by atoms with van der Waals surface area (Å²) in [6.45, 7) is 1.96. The number of hydrogen-bond donors (Lipinski definition) is 1. The van der Waals surface area contributed by atoms with Crippen molar-refractivity contribution in [2.24, 2.45) is 0 Å². The molecule has 3 aromatic rings. The van der Waals surface area contributed by atoms with Gasteiger partial charge in [0.1, 0.15) is 11.3 Å². The van der Waals surface area contributed by atoms with Crippen molar-refractivity contribution in [2.75, 3.05) is 7.11 Å². The van der Waals surface area contributed by atoms with Crippen LogP contribution in [0, 0.1) is 6.92 Å². The third kappa shape index (κ3) is 2.25. The van der Waals surface area contributed by atoms with Gasteiger partial charge in [0.25, 0.3) is 0 Å². The van der Waals surface area contributed by atoms with Gasteiger partial charge in [0.05, 0.1) is 12.5 Å². The van der Waals surface area contributed by atoms with Crippen molar-refractivity contribution in [1.29, 1.82) is 0 Å². The predicted molar refractivity (Wildman–Crippen MR) is 80.9 cm³/mol. The Balaban J connectivity index is 2.28. The molecular formula is C17H14O4. The minimum Gasteiger partial charge on any atom is -0.502 e. The van der Waals surface area contributed by atoms with E-state index in [0.717, 1.165) is 5.56 Å². The lowest BCUT2D eigenvalue weighted by Crippen LogP contribution is -2.02. The quantitative estimate of drug-likeness (QED) is 0.781. The average molecular weight is 282 g/mol. The smallest absolute Gasteiger partial charge is 0.235 e. The Morgan fingerprint density at radius 3 is 2.48 bits per heavy atom. The maximum absolute atomic E-state index is 12.3. The Labute approximate surface area is 121 Å². The second-order valence-corrected chi connectivity index (χ2v) is 4.84. The van der Waals surface area contributed by atoms with Gasteiger partial charge in [-0.1, -0.05) is 29.8 Å². The third-order valence-electron chi connectivity index (χ3n) is 3.39. The van der Waals surface area contributed by atoms with E-state index in [1.54, 1.807) is 18.2 Å².